The average Bonchev–Trinajstić information content (AvgIpc) is 1.67. The summed E-state index contributed by atoms with van der Waals surface area (Å²) in [4.78, 5) is 103. The van der Waals surface area contributed by atoms with Crippen LogP contribution in [0, 0.1) is 23.7 Å². The lowest BCUT2D eigenvalue weighted by Gasteiger charge is -2.20. The van der Waals surface area contributed by atoms with Crippen molar-refractivity contribution in [2.75, 3.05) is 61.7 Å². The third-order valence-corrected chi connectivity index (χ3v) is 21.0. The molecule has 14 rings (SSSR count). The summed E-state index contributed by atoms with van der Waals surface area (Å²) >= 11 is 0. The highest BCUT2D eigenvalue weighted by Crippen LogP contribution is 2.45. The van der Waals surface area contributed by atoms with Gasteiger partial charge in [0.1, 0.15) is 26.4 Å². The first-order valence-corrected chi connectivity index (χ1v) is 37.8. The third kappa shape index (κ3) is 17.9. The number of unbranched alkanes of at least 4 members (excludes halogenated alkanes) is 2. The number of ether oxygens (including phenoxy) is 9. The Labute approximate surface area is 657 Å². The Morgan fingerprint density at radius 3 is 0.920 bits per heavy atom. The van der Waals surface area contributed by atoms with Crippen molar-refractivity contribution in [3.63, 3.8) is 0 Å². The predicted molar refractivity (Wildman–Crippen MR) is 429 cm³/mol. The number of benzene rings is 6. The van der Waals surface area contributed by atoms with Gasteiger partial charge in [0.05, 0.1) is 105 Å². The van der Waals surface area contributed by atoms with Crippen LogP contribution in [0.1, 0.15) is 167 Å². The van der Waals surface area contributed by atoms with Gasteiger partial charge in [-0.15, -0.1) is 0 Å². The van der Waals surface area contributed by atoms with Gasteiger partial charge in [0.2, 0.25) is 0 Å². The van der Waals surface area contributed by atoms with E-state index in [0.717, 1.165) is 53.5 Å². The number of aliphatic imine (C=N–C) groups is 4. The van der Waals surface area contributed by atoms with Crippen molar-refractivity contribution in [3.05, 3.63) is 187 Å². The minimum Gasteiger partial charge on any atom is -0.493 e. The van der Waals surface area contributed by atoms with Crippen LogP contribution >= 0.6 is 0 Å². The smallest absolute Gasteiger partial charge is 0.305 e. The molecule has 4 saturated heterocycles. The largest absolute Gasteiger partial charge is 0.493 e. The van der Waals surface area contributed by atoms with Crippen LogP contribution in [-0.2, 0) is 40.8 Å². The zero-order chi connectivity index (χ0) is 79.4. The molecule has 4 fully saturated rings. The van der Waals surface area contributed by atoms with Gasteiger partial charge in [-0.25, -0.2) is 0 Å². The first-order valence-electron chi connectivity index (χ1n) is 37.8. The summed E-state index contributed by atoms with van der Waals surface area (Å²) in [6.07, 6.45) is 20.9. The summed E-state index contributed by atoms with van der Waals surface area (Å²) in [5.74, 6) is 14.5. The van der Waals surface area contributed by atoms with Crippen molar-refractivity contribution >= 4 is 83.2 Å². The number of hydrogen-bond acceptors (Lipinski definition) is 19. The third-order valence-electron chi connectivity index (χ3n) is 21.0. The molecule has 582 valence electrons. The number of rotatable bonds is 22. The van der Waals surface area contributed by atoms with Gasteiger partial charge in [-0.3, -0.25) is 48.7 Å². The van der Waals surface area contributed by atoms with Crippen molar-refractivity contribution < 1.29 is 76.5 Å². The van der Waals surface area contributed by atoms with Gasteiger partial charge in [0.25, 0.3) is 23.6 Å². The summed E-state index contributed by atoms with van der Waals surface area (Å²) in [5, 5.41) is 9.03. The van der Waals surface area contributed by atoms with Gasteiger partial charge < -0.3 is 67.3 Å². The number of aliphatic carboxylic acids is 1. The molecule has 0 bridgehead atoms. The topological polar surface area (TPSA) is 268 Å². The molecule has 6 aromatic carbocycles. The van der Waals surface area contributed by atoms with E-state index in [9.17, 15) is 28.8 Å². The number of fused-ring (bicyclic) bond motifs is 8. The molecule has 6 aromatic rings. The Hall–Kier alpha value is -12.7. The molecule has 4 atom stereocenters. The van der Waals surface area contributed by atoms with Gasteiger partial charge in [-0.2, -0.15) is 0 Å². The Bertz CT molecular complexity index is 4910. The molecule has 0 unspecified atom stereocenters. The van der Waals surface area contributed by atoms with E-state index < -0.39 is 5.97 Å². The highest BCUT2D eigenvalue weighted by Gasteiger charge is 2.39. The number of carboxylic acid groups (broad SMARTS) is 1. The maximum absolute atomic E-state index is 13.6. The second kappa shape index (κ2) is 35.5. The fourth-order valence-corrected chi connectivity index (χ4v) is 14.8. The van der Waals surface area contributed by atoms with E-state index in [-0.39, 0.29) is 86.6 Å². The van der Waals surface area contributed by atoms with Gasteiger partial charge in [0.15, 0.2) is 46.0 Å². The summed E-state index contributed by atoms with van der Waals surface area (Å²) in [6.45, 7) is 10.8. The molecule has 4 amide bonds. The molecule has 8 aliphatic rings. The molecule has 113 heavy (non-hydrogen) atoms. The maximum atomic E-state index is 13.6. The fourth-order valence-electron chi connectivity index (χ4n) is 14.8. The van der Waals surface area contributed by atoms with Gasteiger partial charge in [-0.1, -0.05) is 70.3 Å². The predicted octanol–water partition coefficient (Wildman–Crippen LogP) is 14.5. The van der Waals surface area contributed by atoms with Gasteiger partial charge >= 0.3 is 11.9 Å². The second-order valence-electron chi connectivity index (χ2n) is 28.3. The summed E-state index contributed by atoms with van der Waals surface area (Å²) in [5.41, 5.74) is 13.4. The highest BCUT2D eigenvalue weighted by atomic mass is 16.5. The fraction of sp³-hybridized carbons (Fsp3) is 0.348. The number of carboxylic acids is 1. The Morgan fingerprint density at radius 1 is 0.398 bits per heavy atom. The number of amides is 4. The van der Waals surface area contributed by atoms with E-state index in [0.29, 0.717) is 155 Å². The Balaban J connectivity index is 0.000000198. The standard InChI is InChI=1S/C45H46N4O8.C44H44N4O8/c1-6-28-16-33-22-46-37-20-41(39(53-3)18-35(37)44(51)48(33)24-28)56-26-31-13-30(11-9-8-10-12-43(50)55-5)14-32(15-31)27-57-42-21-38-36(19-40(42)54-4)45(52)49-25-29(7-2)17-34(49)23-47-38;1-5-27-15-32-21-45-36-19-40(38(53-3)17-34(36)43(51)47(32)23-27)55-25-30-12-29(10-8-7-9-11-42(49)50)13-31(14-30)26-56-41-20-37-35(18-39(41)54-4)44(52)48-24-28(6-2)16-33(48)22-46-37/h6-7,13-15,18-23,33-34H,8,10,12,16-17,24-27H2,1-5H3;5-6,12-14,17-22,32-33H,7,9,11,15-16,23-26H2,1-4H3,(H,49,50)/b28-6+,29-7+;27-5+,28-6+/t33-,34-;32-,33-/m00/s1. The molecule has 8 heterocycles. The number of allylic oxidation sites excluding steroid dienone is 4. The first-order chi connectivity index (χ1) is 54.9. The van der Waals surface area contributed by atoms with Crippen molar-refractivity contribution in [3.8, 4) is 69.7 Å². The molecular weight excluding hydrogens is 1440 g/mol. The second-order valence-corrected chi connectivity index (χ2v) is 28.3. The van der Waals surface area contributed by atoms with Crippen LogP contribution in [0.15, 0.2) is 151 Å². The molecular formula is C89H90N8O16. The molecule has 8 aliphatic heterocycles. The van der Waals surface area contributed by atoms with Crippen LogP contribution in [0.2, 0.25) is 0 Å². The first kappa shape index (κ1) is 78.4. The van der Waals surface area contributed by atoms with Crippen molar-refractivity contribution in [1.29, 1.82) is 0 Å². The Morgan fingerprint density at radius 2 is 0.673 bits per heavy atom. The zero-order valence-electron chi connectivity index (χ0n) is 64.9. The van der Waals surface area contributed by atoms with Crippen molar-refractivity contribution in [2.45, 2.75) is 142 Å². The van der Waals surface area contributed by atoms with E-state index in [2.05, 4.69) is 58.0 Å². The van der Waals surface area contributed by atoms with Crippen LogP contribution in [-0.4, -0.2) is 171 Å². The molecule has 0 saturated carbocycles. The van der Waals surface area contributed by atoms with E-state index >= 15 is 0 Å². The average molecular weight is 1530 g/mol. The van der Waals surface area contributed by atoms with Crippen LogP contribution in [0.5, 0.6) is 46.0 Å². The molecule has 0 radical (unpaired) electrons. The summed E-state index contributed by atoms with van der Waals surface area (Å²) < 4.78 is 52.9. The zero-order valence-corrected chi connectivity index (χ0v) is 64.9. The molecule has 24 nitrogen and oxygen atoms in total. The molecule has 0 aliphatic carbocycles. The van der Waals surface area contributed by atoms with Crippen LogP contribution in [0.25, 0.3) is 0 Å². The van der Waals surface area contributed by atoms with E-state index in [1.165, 1.54) is 43.6 Å². The maximum Gasteiger partial charge on any atom is 0.305 e. The van der Waals surface area contributed by atoms with E-state index in [1.807, 2.05) is 109 Å². The van der Waals surface area contributed by atoms with Crippen LogP contribution < -0.4 is 37.9 Å². The number of nitrogens with zero attached hydrogens (tertiary/aromatic N) is 8. The number of hydrogen-bond donors (Lipinski definition) is 1. The summed E-state index contributed by atoms with van der Waals surface area (Å²) in [7, 11) is 7.53. The normalized spacial score (nSPS) is 19.3. The number of esters is 1. The SMILES string of the molecule is C/C=C1\C[C@H]2C=Nc3cc(OCc4cc(C#CCCCC(=O)O)cc(COc5cc6c(cc5OC)C(=O)N5C/C(=C/C)C[C@H]5C=N6)c4)c(OC)cc3C(=O)N2C1.C/C=C1\C[C@H]2C=Nc3cc(OCc4cc(C#CCCCC(=O)OC)cc(COc5cc6c(cc5OC)C(=O)N5C/C(=C/C)C[C@H]5C=N6)c4)c(OC)cc3C(=O)N2C1. The molecule has 1 N–H and O–H groups in total. The molecule has 24 heteroatoms. The molecule has 0 aromatic heterocycles. The lowest BCUT2D eigenvalue weighted by Crippen LogP contribution is -2.35. The van der Waals surface area contributed by atoms with Gasteiger partial charge in [0, 0.05) is 112 Å². The van der Waals surface area contributed by atoms with Crippen LogP contribution in [0.4, 0.5) is 22.7 Å². The quantitative estimate of drug-likeness (QED) is 0.0286. The van der Waals surface area contributed by atoms with E-state index in [1.54, 1.807) is 62.8 Å². The number of carbonyl (C=O) groups is 6. The lowest BCUT2D eigenvalue weighted by molar-refractivity contribution is -0.140. The summed E-state index contributed by atoms with van der Waals surface area (Å²) in [6, 6.07) is 25.0. The molecule has 0 spiro atoms. The van der Waals surface area contributed by atoms with Crippen molar-refractivity contribution in [2.24, 2.45) is 20.0 Å². The van der Waals surface area contributed by atoms with Gasteiger partial charge in [-0.05, 0) is 149 Å². The number of methoxy groups -OCH3 is 5. The lowest BCUT2D eigenvalue weighted by atomic mass is 10.1. The van der Waals surface area contributed by atoms with E-state index in [4.69, 9.17) is 57.7 Å². The van der Waals surface area contributed by atoms with Crippen LogP contribution in [0.3, 0.4) is 0 Å². The Kier molecular flexibility index (Phi) is 24.7. The minimum atomic E-state index is -0.858. The monoisotopic (exact) mass is 1530 g/mol. The number of carbonyl (C=O) groups excluding carboxylic acids is 5. The minimum absolute atomic E-state index is 0.0448. The van der Waals surface area contributed by atoms with Crippen molar-refractivity contribution in [1.82, 2.24) is 19.6 Å². The highest BCUT2D eigenvalue weighted by molar-refractivity contribution is 6.07.